The van der Waals surface area contributed by atoms with E-state index in [0.29, 0.717) is 6.61 Å². The smallest absolute Gasteiger partial charge is 0.120 e. The molecule has 0 spiro atoms. The van der Waals surface area contributed by atoms with Crippen LogP contribution >= 0.6 is 0 Å². The number of aromatic amines is 1. The van der Waals surface area contributed by atoms with Gasteiger partial charge >= 0.3 is 0 Å². The number of aromatic nitrogens is 2. The molecule has 0 atom stereocenters. The molecule has 0 saturated heterocycles. The predicted molar refractivity (Wildman–Crippen MR) is 117 cm³/mol. The first-order valence-electron chi connectivity index (χ1n) is 10.1. The van der Waals surface area contributed by atoms with Crippen LogP contribution in [0.5, 0.6) is 5.75 Å². The molecule has 144 valence electrons. The fourth-order valence-corrected chi connectivity index (χ4v) is 3.89. The maximum atomic E-state index is 5.75. The average Bonchev–Trinajstić information content (AvgIpc) is 3.05. The molecule has 0 fully saturated rings. The molecule has 2 aromatic carbocycles. The van der Waals surface area contributed by atoms with Gasteiger partial charge < -0.3 is 15.5 Å². The van der Waals surface area contributed by atoms with Crippen LogP contribution in [0, 0.1) is 6.92 Å². The second-order valence-corrected chi connectivity index (χ2v) is 7.19. The van der Waals surface area contributed by atoms with Crippen molar-refractivity contribution < 1.29 is 4.74 Å². The van der Waals surface area contributed by atoms with Crippen LogP contribution < -0.4 is 10.5 Å². The lowest BCUT2D eigenvalue weighted by Crippen LogP contribution is -1.99. The van der Waals surface area contributed by atoms with Gasteiger partial charge in [0.25, 0.3) is 0 Å². The average molecular weight is 374 g/mol. The topological polar surface area (TPSA) is 63.9 Å². The number of hydrogen-bond acceptors (Lipinski definition) is 3. The Morgan fingerprint density at radius 1 is 1.04 bits per heavy atom. The summed E-state index contributed by atoms with van der Waals surface area (Å²) in [5.74, 6) is 0.913. The van der Waals surface area contributed by atoms with Crippen molar-refractivity contribution in [2.45, 2.75) is 33.1 Å². The lowest BCUT2D eigenvalue weighted by molar-refractivity contribution is 0.340. The Balaban J connectivity index is 1.91. The van der Waals surface area contributed by atoms with Crippen molar-refractivity contribution in [3.05, 3.63) is 59.8 Å². The van der Waals surface area contributed by atoms with Crippen molar-refractivity contribution in [1.29, 1.82) is 0 Å². The number of hydrogen-bond donors (Lipinski definition) is 2. The van der Waals surface area contributed by atoms with E-state index in [1.807, 2.05) is 19.9 Å². The molecule has 4 nitrogen and oxygen atoms in total. The van der Waals surface area contributed by atoms with Crippen molar-refractivity contribution in [1.82, 2.24) is 9.97 Å². The lowest BCUT2D eigenvalue weighted by atomic mass is 9.97. The summed E-state index contributed by atoms with van der Waals surface area (Å²) in [6, 6.07) is 16.9. The molecular weight excluding hydrogens is 346 g/mol. The second-order valence-electron chi connectivity index (χ2n) is 7.19. The summed E-state index contributed by atoms with van der Waals surface area (Å²) < 4.78 is 5.75. The van der Waals surface area contributed by atoms with Crippen molar-refractivity contribution in [3.63, 3.8) is 0 Å². The summed E-state index contributed by atoms with van der Waals surface area (Å²) in [6.45, 7) is 5.43. The first kappa shape index (κ1) is 18.5. The number of nitrogens with one attached hydrogen (secondary N) is 1. The molecule has 0 saturated carbocycles. The van der Waals surface area contributed by atoms with Crippen LogP contribution in [0.1, 0.15) is 31.0 Å². The summed E-state index contributed by atoms with van der Waals surface area (Å²) in [4.78, 5) is 8.38. The molecule has 0 unspecified atom stereocenters. The van der Waals surface area contributed by atoms with Crippen molar-refractivity contribution in [3.8, 4) is 17.0 Å². The summed E-state index contributed by atoms with van der Waals surface area (Å²) in [7, 11) is 0. The normalized spacial score (nSPS) is 11.4. The minimum Gasteiger partial charge on any atom is -0.494 e. The van der Waals surface area contributed by atoms with Crippen molar-refractivity contribution >= 4 is 21.8 Å². The Labute approximate surface area is 165 Å². The fraction of sp³-hybridized carbons (Fsp3) is 0.292. The molecule has 4 heteroatoms. The predicted octanol–water partition coefficient (Wildman–Crippen LogP) is 5.37. The molecule has 4 aromatic rings. The van der Waals surface area contributed by atoms with Crippen LogP contribution in [-0.4, -0.2) is 23.1 Å². The molecule has 0 aliphatic carbocycles. The fourth-order valence-electron chi connectivity index (χ4n) is 3.89. The first-order chi connectivity index (χ1) is 13.7. The Hall–Kier alpha value is -2.85. The second kappa shape index (κ2) is 8.03. The molecule has 0 radical (unpaired) electrons. The maximum absolute atomic E-state index is 5.75. The van der Waals surface area contributed by atoms with Crippen LogP contribution in [0.15, 0.2) is 48.5 Å². The van der Waals surface area contributed by atoms with Crippen LogP contribution in [0.3, 0.4) is 0 Å². The van der Waals surface area contributed by atoms with E-state index in [1.54, 1.807) is 0 Å². The van der Waals surface area contributed by atoms with E-state index in [-0.39, 0.29) is 0 Å². The van der Waals surface area contributed by atoms with E-state index < -0.39 is 0 Å². The zero-order valence-electron chi connectivity index (χ0n) is 16.6. The molecule has 0 amide bonds. The summed E-state index contributed by atoms with van der Waals surface area (Å²) in [5, 5.41) is 2.40. The van der Waals surface area contributed by atoms with Gasteiger partial charge in [-0.3, -0.25) is 4.98 Å². The molecule has 4 rings (SSSR count). The largest absolute Gasteiger partial charge is 0.494 e. The van der Waals surface area contributed by atoms with Crippen LogP contribution in [0.25, 0.3) is 33.1 Å². The van der Waals surface area contributed by atoms with Gasteiger partial charge in [-0.2, -0.15) is 0 Å². The quantitative estimate of drug-likeness (QED) is 0.428. The van der Waals surface area contributed by atoms with Crippen LogP contribution in [0.4, 0.5) is 0 Å². The number of aryl methyl sites for hydroxylation is 2. The Bertz CT molecular complexity index is 1110. The standard InChI is InChI=1S/C24H27N3O/c1-3-28-17-11-13-23-21(15-17)20(7-4-5-14-25)24(27-23)19-8-6-9-22-18(19)12-10-16(2)26-22/h6,8-13,15,27H,3-5,7,14,25H2,1-2H3. The number of fused-ring (bicyclic) bond motifs is 2. The maximum Gasteiger partial charge on any atom is 0.120 e. The highest BCUT2D eigenvalue weighted by molar-refractivity contribution is 5.99. The van der Waals surface area contributed by atoms with Gasteiger partial charge in [0.2, 0.25) is 0 Å². The van der Waals surface area contributed by atoms with E-state index >= 15 is 0 Å². The van der Waals surface area contributed by atoms with E-state index in [0.717, 1.165) is 48.3 Å². The minimum absolute atomic E-state index is 0.666. The Morgan fingerprint density at radius 3 is 2.75 bits per heavy atom. The molecule has 2 aromatic heterocycles. The highest BCUT2D eigenvalue weighted by Gasteiger charge is 2.16. The third-order valence-corrected chi connectivity index (χ3v) is 5.21. The summed E-state index contributed by atoms with van der Waals surface area (Å²) in [5.41, 5.74) is 12.6. The van der Waals surface area contributed by atoms with Gasteiger partial charge in [-0.25, -0.2) is 0 Å². The number of nitrogens with zero attached hydrogens (tertiary/aromatic N) is 1. The van der Waals surface area contributed by atoms with Gasteiger partial charge in [-0.05, 0) is 75.5 Å². The number of rotatable bonds is 7. The number of pyridine rings is 1. The highest BCUT2D eigenvalue weighted by atomic mass is 16.5. The number of benzene rings is 2. The zero-order valence-corrected chi connectivity index (χ0v) is 16.6. The number of ether oxygens (including phenoxy) is 1. The third-order valence-electron chi connectivity index (χ3n) is 5.21. The summed E-state index contributed by atoms with van der Waals surface area (Å²) in [6.07, 6.45) is 3.07. The van der Waals surface area contributed by atoms with E-state index in [4.69, 9.17) is 15.5 Å². The number of unbranched alkanes of at least 4 members (excludes halogenated alkanes) is 1. The van der Waals surface area contributed by atoms with Crippen LogP contribution in [-0.2, 0) is 6.42 Å². The minimum atomic E-state index is 0.666. The highest BCUT2D eigenvalue weighted by Crippen LogP contribution is 2.36. The van der Waals surface area contributed by atoms with Gasteiger partial charge in [0, 0.05) is 27.5 Å². The first-order valence-corrected chi connectivity index (χ1v) is 10.1. The molecule has 28 heavy (non-hydrogen) atoms. The molecule has 2 heterocycles. The molecule has 0 aliphatic rings. The van der Waals surface area contributed by atoms with Gasteiger partial charge in [0.05, 0.1) is 17.8 Å². The van der Waals surface area contributed by atoms with Gasteiger partial charge in [-0.15, -0.1) is 0 Å². The lowest BCUT2D eigenvalue weighted by Gasteiger charge is -2.09. The molecule has 0 aliphatic heterocycles. The van der Waals surface area contributed by atoms with Gasteiger partial charge in [0.15, 0.2) is 0 Å². The zero-order chi connectivity index (χ0) is 19.5. The molecular formula is C24H27N3O. The monoisotopic (exact) mass is 373 g/mol. The van der Waals surface area contributed by atoms with E-state index in [9.17, 15) is 0 Å². The Morgan fingerprint density at radius 2 is 1.93 bits per heavy atom. The van der Waals surface area contributed by atoms with Crippen molar-refractivity contribution in [2.24, 2.45) is 5.73 Å². The van der Waals surface area contributed by atoms with Gasteiger partial charge in [0.1, 0.15) is 5.75 Å². The van der Waals surface area contributed by atoms with Gasteiger partial charge in [-0.1, -0.05) is 18.2 Å². The number of nitrogens with two attached hydrogens (primary N) is 1. The molecule has 0 bridgehead atoms. The van der Waals surface area contributed by atoms with Crippen LogP contribution in [0.2, 0.25) is 0 Å². The van der Waals surface area contributed by atoms with Crippen molar-refractivity contribution in [2.75, 3.05) is 13.2 Å². The van der Waals surface area contributed by atoms with E-state index in [1.165, 1.54) is 27.6 Å². The number of H-pyrrole nitrogens is 1. The Kier molecular flexibility index (Phi) is 5.31. The molecule has 3 N–H and O–H groups in total. The third kappa shape index (κ3) is 3.48. The summed E-state index contributed by atoms with van der Waals surface area (Å²) >= 11 is 0. The van der Waals surface area contributed by atoms with E-state index in [2.05, 4.69) is 47.4 Å². The SMILES string of the molecule is CCOc1ccc2[nH]c(-c3cccc4nc(C)ccc34)c(CCCCN)c2c1.